The molecule has 2 aliphatic rings. The Kier molecular flexibility index (Phi) is 9.37. The topological polar surface area (TPSA) is 99.7 Å². The second-order valence-corrected chi connectivity index (χ2v) is 8.69. The van der Waals surface area contributed by atoms with E-state index in [1.165, 1.54) is 0 Å². The maximum absolute atomic E-state index is 12.4. The minimum Gasteiger partial charge on any atom is -0.450 e. The van der Waals surface area contributed by atoms with Crippen LogP contribution >= 0.6 is 0 Å². The molecule has 0 radical (unpaired) electrons. The van der Waals surface area contributed by atoms with Gasteiger partial charge in [0.2, 0.25) is 5.91 Å². The van der Waals surface area contributed by atoms with Gasteiger partial charge in [-0.3, -0.25) is 4.79 Å². The van der Waals surface area contributed by atoms with Crippen LogP contribution in [-0.4, -0.2) is 72.2 Å². The van der Waals surface area contributed by atoms with Gasteiger partial charge in [0.1, 0.15) is 18.0 Å². The highest BCUT2D eigenvalue weighted by atomic mass is 16.6. The van der Waals surface area contributed by atoms with E-state index in [-0.39, 0.29) is 18.0 Å². The first kappa shape index (κ1) is 24.1. The average Bonchev–Trinajstić information content (AvgIpc) is 2.82. The number of piperidine rings is 2. The molecule has 0 bridgehead atoms. The smallest absolute Gasteiger partial charge is 0.409 e. The highest BCUT2D eigenvalue weighted by Gasteiger charge is 2.25. The lowest BCUT2D eigenvalue weighted by atomic mass is 9.92. The van der Waals surface area contributed by atoms with Gasteiger partial charge in [-0.15, -0.1) is 0 Å². The predicted octanol–water partition coefficient (Wildman–Crippen LogP) is 3.03. The summed E-state index contributed by atoms with van der Waals surface area (Å²) in [6.45, 7) is 8.45. The Bertz CT molecular complexity index is 730. The fourth-order valence-electron chi connectivity index (χ4n) is 4.38. The monoisotopic (exact) mass is 446 g/mol. The molecule has 0 aliphatic carbocycles. The molecule has 0 aromatic carbocycles. The zero-order valence-electron chi connectivity index (χ0n) is 19.5. The summed E-state index contributed by atoms with van der Waals surface area (Å²) in [6.07, 6.45) is 7.66. The summed E-state index contributed by atoms with van der Waals surface area (Å²) < 4.78 is 5.05. The van der Waals surface area contributed by atoms with Crippen molar-refractivity contribution in [3.8, 4) is 0 Å². The summed E-state index contributed by atoms with van der Waals surface area (Å²) in [5, 5.41) is 6.47. The lowest BCUT2D eigenvalue weighted by Crippen LogP contribution is -2.46. The Balaban J connectivity index is 1.33. The number of hydrogen-bond donors (Lipinski definition) is 2. The minimum absolute atomic E-state index is 0.129. The van der Waals surface area contributed by atoms with Gasteiger partial charge in [0.15, 0.2) is 0 Å². The molecule has 3 rings (SSSR count). The van der Waals surface area contributed by atoms with E-state index in [4.69, 9.17) is 4.74 Å². The van der Waals surface area contributed by atoms with Crippen LogP contribution in [0.25, 0.3) is 0 Å². The third-order valence-corrected chi connectivity index (χ3v) is 6.31. The number of ether oxygens (including phenoxy) is 1. The molecule has 9 heteroatoms. The van der Waals surface area contributed by atoms with Gasteiger partial charge < -0.3 is 25.2 Å². The maximum Gasteiger partial charge on any atom is 0.409 e. The fourth-order valence-corrected chi connectivity index (χ4v) is 4.38. The third kappa shape index (κ3) is 7.24. The second-order valence-electron chi connectivity index (χ2n) is 8.69. The van der Waals surface area contributed by atoms with Crippen molar-refractivity contribution in [2.24, 2.45) is 5.92 Å². The van der Waals surface area contributed by atoms with E-state index in [1.54, 1.807) is 11.2 Å². The van der Waals surface area contributed by atoms with Gasteiger partial charge >= 0.3 is 6.09 Å². The molecule has 0 spiro atoms. The molecule has 178 valence electrons. The van der Waals surface area contributed by atoms with Gasteiger partial charge in [0.05, 0.1) is 6.61 Å². The molecule has 2 N–H and O–H groups in total. The zero-order valence-corrected chi connectivity index (χ0v) is 19.5. The number of carbonyl (C=O) groups excluding carboxylic acids is 2. The standard InChI is InChI=1S/C23H38N6O3/c1-3-11-24-20-16-21(26-17-25-20)28-12-7-18(8-13-28)5-6-22(30)27-19-9-14-29(15-10-19)23(31)32-4-2/h16-19H,3-15H2,1-2H3,(H,27,30)(H,24,25,26). The molecule has 32 heavy (non-hydrogen) atoms. The molecule has 1 aromatic heterocycles. The van der Waals surface area contributed by atoms with E-state index in [1.807, 2.05) is 13.0 Å². The summed E-state index contributed by atoms with van der Waals surface area (Å²) in [6, 6.07) is 2.18. The van der Waals surface area contributed by atoms with Crippen molar-refractivity contribution in [2.75, 3.05) is 49.5 Å². The molecule has 0 unspecified atom stereocenters. The van der Waals surface area contributed by atoms with Crippen molar-refractivity contribution >= 4 is 23.6 Å². The molecular weight excluding hydrogens is 408 g/mol. The van der Waals surface area contributed by atoms with Crippen molar-refractivity contribution in [1.29, 1.82) is 0 Å². The van der Waals surface area contributed by atoms with Crippen molar-refractivity contribution in [2.45, 2.75) is 64.8 Å². The van der Waals surface area contributed by atoms with Crippen LogP contribution in [0.15, 0.2) is 12.4 Å². The quantitative estimate of drug-likeness (QED) is 0.601. The summed E-state index contributed by atoms with van der Waals surface area (Å²) in [5.74, 6) is 2.55. The first-order chi connectivity index (χ1) is 15.6. The molecular formula is C23H38N6O3. The molecule has 0 atom stereocenters. The van der Waals surface area contributed by atoms with Crippen LogP contribution in [0.1, 0.15) is 58.8 Å². The third-order valence-electron chi connectivity index (χ3n) is 6.31. The predicted molar refractivity (Wildman–Crippen MR) is 125 cm³/mol. The fraction of sp³-hybridized carbons (Fsp3) is 0.739. The van der Waals surface area contributed by atoms with E-state index >= 15 is 0 Å². The average molecular weight is 447 g/mol. The number of likely N-dealkylation sites (tertiary alicyclic amines) is 1. The molecule has 1 aromatic rings. The lowest BCUT2D eigenvalue weighted by molar-refractivity contribution is -0.122. The number of amides is 2. The van der Waals surface area contributed by atoms with Crippen LogP contribution in [0, 0.1) is 5.92 Å². The first-order valence-electron chi connectivity index (χ1n) is 12.1. The number of nitrogens with one attached hydrogen (secondary N) is 2. The second kappa shape index (κ2) is 12.5. The van der Waals surface area contributed by atoms with Crippen molar-refractivity contribution in [1.82, 2.24) is 20.2 Å². The summed E-state index contributed by atoms with van der Waals surface area (Å²) >= 11 is 0. The van der Waals surface area contributed by atoms with Crippen LogP contribution in [0.2, 0.25) is 0 Å². The molecule has 0 saturated carbocycles. The highest BCUT2D eigenvalue weighted by Crippen LogP contribution is 2.26. The molecule has 2 amide bonds. The lowest BCUT2D eigenvalue weighted by Gasteiger charge is -2.33. The van der Waals surface area contributed by atoms with E-state index in [0.717, 1.165) is 69.8 Å². The van der Waals surface area contributed by atoms with Crippen molar-refractivity contribution < 1.29 is 14.3 Å². The highest BCUT2D eigenvalue weighted by molar-refractivity contribution is 5.76. The van der Waals surface area contributed by atoms with Crippen molar-refractivity contribution in [3.63, 3.8) is 0 Å². The Morgan fingerprint density at radius 1 is 1.09 bits per heavy atom. The SMILES string of the molecule is CCCNc1cc(N2CCC(CCC(=O)NC3CCN(C(=O)OCC)CC3)CC2)ncn1. The van der Waals surface area contributed by atoms with Crippen molar-refractivity contribution in [3.05, 3.63) is 12.4 Å². The Morgan fingerprint density at radius 2 is 1.84 bits per heavy atom. The molecule has 2 aliphatic heterocycles. The van der Waals surface area contributed by atoms with Crippen LogP contribution in [0.5, 0.6) is 0 Å². The molecule has 2 saturated heterocycles. The normalized spacial score (nSPS) is 17.8. The number of nitrogens with zero attached hydrogens (tertiary/aromatic N) is 4. The summed E-state index contributed by atoms with van der Waals surface area (Å²) in [4.78, 5) is 37.0. The number of hydrogen-bond acceptors (Lipinski definition) is 7. The van der Waals surface area contributed by atoms with Crippen LogP contribution in [0.4, 0.5) is 16.4 Å². The number of anilines is 2. The Morgan fingerprint density at radius 3 is 2.53 bits per heavy atom. The van der Waals surface area contributed by atoms with E-state index in [2.05, 4.69) is 32.4 Å². The minimum atomic E-state index is -0.251. The van der Waals surface area contributed by atoms with Gasteiger partial charge in [-0.25, -0.2) is 14.8 Å². The number of aromatic nitrogens is 2. The van der Waals surface area contributed by atoms with E-state index < -0.39 is 0 Å². The molecule has 9 nitrogen and oxygen atoms in total. The zero-order chi connectivity index (χ0) is 22.8. The van der Waals surface area contributed by atoms with Crippen LogP contribution < -0.4 is 15.5 Å². The van der Waals surface area contributed by atoms with Gasteiger partial charge in [0, 0.05) is 51.3 Å². The summed E-state index contributed by atoms with van der Waals surface area (Å²) in [5.41, 5.74) is 0. The van der Waals surface area contributed by atoms with E-state index in [9.17, 15) is 9.59 Å². The maximum atomic E-state index is 12.4. The molecule has 3 heterocycles. The number of rotatable bonds is 9. The summed E-state index contributed by atoms with van der Waals surface area (Å²) in [7, 11) is 0. The molecule has 2 fully saturated rings. The Hall–Kier alpha value is -2.58. The van der Waals surface area contributed by atoms with Crippen LogP contribution in [-0.2, 0) is 9.53 Å². The van der Waals surface area contributed by atoms with E-state index in [0.29, 0.717) is 32.0 Å². The Labute approximate surface area is 191 Å². The first-order valence-corrected chi connectivity index (χ1v) is 12.1. The van der Waals surface area contributed by atoms with Gasteiger partial charge in [-0.05, 0) is 51.4 Å². The van der Waals surface area contributed by atoms with Gasteiger partial charge in [-0.2, -0.15) is 0 Å². The van der Waals surface area contributed by atoms with Crippen LogP contribution in [0.3, 0.4) is 0 Å². The van der Waals surface area contributed by atoms with Gasteiger partial charge in [0.25, 0.3) is 0 Å². The van der Waals surface area contributed by atoms with Gasteiger partial charge in [-0.1, -0.05) is 6.92 Å². The number of carbonyl (C=O) groups is 2. The largest absolute Gasteiger partial charge is 0.450 e.